The summed E-state index contributed by atoms with van der Waals surface area (Å²) >= 11 is 0. The van der Waals surface area contributed by atoms with Crippen molar-refractivity contribution in [3.63, 3.8) is 0 Å². The van der Waals surface area contributed by atoms with Crippen molar-refractivity contribution in [2.75, 3.05) is 38.6 Å². The first-order valence-electron chi connectivity index (χ1n) is 8.10. The average Bonchev–Trinajstić information content (AvgIpc) is 3.04. The molecule has 1 fully saturated rings. The SMILES string of the molecule is COc1ccc(S(=O)(=O)NCCCN2CCCC2)cc1NC(C)=O. The van der Waals surface area contributed by atoms with E-state index in [4.69, 9.17) is 4.74 Å². The van der Waals surface area contributed by atoms with Crippen LogP contribution in [0.2, 0.25) is 0 Å². The van der Waals surface area contributed by atoms with Crippen LogP contribution in [-0.4, -0.2) is 52.5 Å². The van der Waals surface area contributed by atoms with E-state index in [1.165, 1.54) is 45.1 Å². The molecule has 0 aromatic heterocycles. The average molecular weight is 355 g/mol. The Balaban J connectivity index is 1.98. The number of amides is 1. The molecule has 0 radical (unpaired) electrons. The Morgan fingerprint density at radius 3 is 2.62 bits per heavy atom. The van der Waals surface area contributed by atoms with E-state index in [1.807, 2.05) is 0 Å². The molecule has 2 N–H and O–H groups in total. The summed E-state index contributed by atoms with van der Waals surface area (Å²) in [7, 11) is -2.15. The van der Waals surface area contributed by atoms with Gasteiger partial charge in [0, 0.05) is 13.5 Å². The molecular formula is C16H25N3O4S. The minimum Gasteiger partial charge on any atom is -0.495 e. The van der Waals surface area contributed by atoms with Gasteiger partial charge in [0.15, 0.2) is 0 Å². The highest BCUT2D eigenvalue weighted by Gasteiger charge is 2.17. The first kappa shape index (κ1) is 18.7. The maximum Gasteiger partial charge on any atom is 0.240 e. The molecule has 24 heavy (non-hydrogen) atoms. The van der Waals surface area contributed by atoms with Gasteiger partial charge in [-0.1, -0.05) is 0 Å². The number of ether oxygens (including phenoxy) is 1. The first-order chi connectivity index (χ1) is 11.4. The van der Waals surface area contributed by atoms with Crippen molar-refractivity contribution >= 4 is 21.6 Å². The van der Waals surface area contributed by atoms with E-state index in [9.17, 15) is 13.2 Å². The fourth-order valence-electron chi connectivity index (χ4n) is 2.74. The molecule has 1 saturated heterocycles. The number of anilines is 1. The Kier molecular flexibility index (Phi) is 6.59. The summed E-state index contributed by atoms with van der Waals surface area (Å²) in [5.41, 5.74) is 0.338. The summed E-state index contributed by atoms with van der Waals surface area (Å²) < 4.78 is 32.5. The van der Waals surface area contributed by atoms with Crippen LogP contribution < -0.4 is 14.8 Å². The Morgan fingerprint density at radius 1 is 1.29 bits per heavy atom. The van der Waals surface area contributed by atoms with Crippen LogP contribution in [0.4, 0.5) is 5.69 Å². The minimum atomic E-state index is -3.61. The molecule has 0 spiro atoms. The van der Waals surface area contributed by atoms with Gasteiger partial charge in [-0.25, -0.2) is 13.1 Å². The lowest BCUT2D eigenvalue weighted by Gasteiger charge is -2.15. The Labute approximate surface area is 143 Å². The van der Waals surface area contributed by atoms with Gasteiger partial charge >= 0.3 is 0 Å². The molecule has 1 heterocycles. The number of sulfonamides is 1. The molecule has 1 aliphatic rings. The quantitative estimate of drug-likeness (QED) is 0.689. The smallest absolute Gasteiger partial charge is 0.240 e. The van der Waals surface area contributed by atoms with Crippen molar-refractivity contribution in [3.05, 3.63) is 18.2 Å². The number of rotatable bonds is 8. The number of carbonyl (C=O) groups is 1. The van der Waals surface area contributed by atoms with E-state index in [0.29, 0.717) is 18.0 Å². The molecule has 8 heteroatoms. The number of hydrogen-bond acceptors (Lipinski definition) is 5. The topological polar surface area (TPSA) is 87.7 Å². The molecule has 0 atom stereocenters. The van der Waals surface area contributed by atoms with Crippen LogP contribution in [0.3, 0.4) is 0 Å². The van der Waals surface area contributed by atoms with Gasteiger partial charge in [-0.3, -0.25) is 4.79 Å². The summed E-state index contributed by atoms with van der Waals surface area (Å²) in [5.74, 6) is 0.125. The van der Waals surface area contributed by atoms with Crippen molar-refractivity contribution in [1.29, 1.82) is 0 Å². The van der Waals surface area contributed by atoms with Crippen molar-refractivity contribution in [1.82, 2.24) is 9.62 Å². The number of likely N-dealkylation sites (tertiary alicyclic amines) is 1. The van der Waals surface area contributed by atoms with E-state index >= 15 is 0 Å². The molecule has 0 aliphatic carbocycles. The molecule has 0 bridgehead atoms. The molecule has 0 saturated carbocycles. The second kappa shape index (κ2) is 8.46. The van der Waals surface area contributed by atoms with Gasteiger partial charge in [0.05, 0.1) is 17.7 Å². The Morgan fingerprint density at radius 2 is 2.00 bits per heavy atom. The highest BCUT2D eigenvalue weighted by atomic mass is 32.2. The largest absolute Gasteiger partial charge is 0.495 e. The second-order valence-electron chi connectivity index (χ2n) is 5.84. The zero-order valence-corrected chi connectivity index (χ0v) is 15.0. The van der Waals surface area contributed by atoms with E-state index < -0.39 is 10.0 Å². The third-order valence-electron chi connectivity index (χ3n) is 3.93. The van der Waals surface area contributed by atoms with Crippen molar-refractivity contribution in [3.8, 4) is 5.75 Å². The number of nitrogens with one attached hydrogen (secondary N) is 2. The predicted octanol–water partition coefficient (Wildman–Crippen LogP) is 1.42. The van der Waals surface area contributed by atoms with Gasteiger partial charge in [-0.05, 0) is 57.1 Å². The van der Waals surface area contributed by atoms with Crippen molar-refractivity contribution < 1.29 is 17.9 Å². The van der Waals surface area contributed by atoms with Gasteiger partial charge in [0.25, 0.3) is 0 Å². The highest BCUT2D eigenvalue weighted by Crippen LogP contribution is 2.27. The molecule has 7 nitrogen and oxygen atoms in total. The molecule has 1 aliphatic heterocycles. The normalized spacial score (nSPS) is 15.4. The van der Waals surface area contributed by atoms with Gasteiger partial charge in [-0.15, -0.1) is 0 Å². The van der Waals surface area contributed by atoms with E-state index in [-0.39, 0.29) is 10.8 Å². The fraction of sp³-hybridized carbons (Fsp3) is 0.562. The lowest BCUT2D eigenvalue weighted by Crippen LogP contribution is -2.28. The van der Waals surface area contributed by atoms with Crippen LogP contribution in [-0.2, 0) is 14.8 Å². The third kappa shape index (κ3) is 5.19. The molecule has 1 aromatic carbocycles. The summed E-state index contributed by atoms with van der Waals surface area (Å²) in [4.78, 5) is 13.7. The van der Waals surface area contributed by atoms with E-state index in [1.54, 1.807) is 0 Å². The predicted molar refractivity (Wildman–Crippen MR) is 92.8 cm³/mol. The van der Waals surface area contributed by atoms with Crippen molar-refractivity contribution in [2.45, 2.75) is 31.1 Å². The second-order valence-corrected chi connectivity index (χ2v) is 7.61. The summed E-state index contributed by atoms with van der Waals surface area (Å²) in [6, 6.07) is 4.40. The van der Waals surface area contributed by atoms with Crippen LogP contribution >= 0.6 is 0 Å². The maximum absolute atomic E-state index is 12.4. The zero-order valence-electron chi connectivity index (χ0n) is 14.2. The minimum absolute atomic E-state index is 0.105. The van der Waals surface area contributed by atoms with Gasteiger partial charge in [0.2, 0.25) is 15.9 Å². The lowest BCUT2D eigenvalue weighted by atomic mass is 10.3. The summed E-state index contributed by atoms with van der Waals surface area (Å²) in [6.07, 6.45) is 3.22. The fourth-order valence-corrected chi connectivity index (χ4v) is 3.84. The van der Waals surface area contributed by atoms with Crippen LogP contribution in [0, 0.1) is 0 Å². The summed E-state index contributed by atoms with van der Waals surface area (Å²) in [6.45, 7) is 4.86. The highest BCUT2D eigenvalue weighted by molar-refractivity contribution is 7.89. The summed E-state index contributed by atoms with van der Waals surface area (Å²) in [5, 5.41) is 2.58. The van der Waals surface area contributed by atoms with Gasteiger partial charge < -0.3 is 15.0 Å². The van der Waals surface area contributed by atoms with Crippen molar-refractivity contribution in [2.24, 2.45) is 0 Å². The molecule has 134 valence electrons. The van der Waals surface area contributed by atoms with E-state index in [2.05, 4.69) is 14.9 Å². The van der Waals surface area contributed by atoms with Crippen LogP contribution in [0.15, 0.2) is 23.1 Å². The Bertz CT molecular complexity index is 670. The molecule has 0 unspecified atom stereocenters. The maximum atomic E-state index is 12.4. The third-order valence-corrected chi connectivity index (χ3v) is 5.39. The van der Waals surface area contributed by atoms with Gasteiger partial charge in [0.1, 0.15) is 5.75 Å². The number of hydrogen-bond donors (Lipinski definition) is 2. The standard InChI is InChI=1S/C16H25N3O4S/c1-13(20)18-15-12-14(6-7-16(15)23-2)24(21,22)17-8-5-11-19-9-3-4-10-19/h6-7,12,17H,3-5,8-11H2,1-2H3,(H,18,20). The number of nitrogens with zero attached hydrogens (tertiary/aromatic N) is 1. The van der Waals surface area contributed by atoms with Crippen LogP contribution in [0.1, 0.15) is 26.2 Å². The first-order valence-corrected chi connectivity index (χ1v) is 9.58. The number of carbonyl (C=O) groups excluding carboxylic acids is 1. The molecule has 1 amide bonds. The monoisotopic (exact) mass is 355 g/mol. The van der Waals surface area contributed by atoms with E-state index in [0.717, 1.165) is 26.1 Å². The zero-order chi connectivity index (χ0) is 17.6. The number of methoxy groups -OCH3 is 1. The van der Waals surface area contributed by atoms with Gasteiger partial charge in [-0.2, -0.15) is 0 Å². The number of benzene rings is 1. The Hall–Kier alpha value is -1.64. The van der Waals surface area contributed by atoms with Crippen LogP contribution in [0.5, 0.6) is 5.75 Å². The van der Waals surface area contributed by atoms with Crippen LogP contribution in [0.25, 0.3) is 0 Å². The molecule has 1 aromatic rings. The lowest BCUT2D eigenvalue weighted by molar-refractivity contribution is -0.114. The molecular weight excluding hydrogens is 330 g/mol. The molecule has 2 rings (SSSR count).